The van der Waals surface area contributed by atoms with Crippen molar-refractivity contribution in [1.29, 1.82) is 0 Å². The molecule has 6 heteroatoms. The summed E-state index contributed by atoms with van der Waals surface area (Å²) in [4.78, 5) is 18.2. The van der Waals surface area contributed by atoms with Gasteiger partial charge in [0, 0.05) is 7.05 Å². The van der Waals surface area contributed by atoms with Gasteiger partial charge in [0.1, 0.15) is 5.75 Å². The van der Waals surface area contributed by atoms with Crippen LogP contribution in [0.15, 0.2) is 29.1 Å². The van der Waals surface area contributed by atoms with Crippen LogP contribution in [0.25, 0.3) is 0 Å². The standard InChI is InChI=1S/C15H17N3O3/c1-18(8-14-16-9-21-17-14)15(19)12-6-4-10-3-5-11(20-2)7-13(10)12/h3,5,7,9,12H,4,6,8H2,1-2H3. The third kappa shape index (κ3) is 2.61. The second kappa shape index (κ2) is 5.55. The van der Waals surface area contributed by atoms with Crippen LogP contribution in [0.1, 0.15) is 29.3 Å². The number of carbonyl (C=O) groups is 1. The van der Waals surface area contributed by atoms with E-state index in [0.717, 1.165) is 24.2 Å². The van der Waals surface area contributed by atoms with Crippen LogP contribution in [-0.4, -0.2) is 35.1 Å². The van der Waals surface area contributed by atoms with Crippen molar-refractivity contribution in [1.82, 2.24) is 15.0 Å². The van der Waals surface area contributed by atoms with Gasteiger partial charge in [-0.1, -0.05) is 11.2 Å². The predicted molar refractivity (Wildman–Crippen MR) is 74.8 cm³/mol. The zero-order chi connectivity index (χ0) is 14.8. The van der Waals surface area contributed by atoms with Crippen LogP contribution in [-0.2, 0) is 17.8 Å². The Morgan fingerprint density at radius 2 is 2.38 bits per heavy atom. The molecule has 0 saturated heterocycles. The highest BCUT2D eigenvalue weighted by molar-refractivity contribution is 5.85. The first-order chi connectivity index (χ1) is 10.2. The fraction of sp³-hybridized carbons (Fsp3) is 0.400. The number of fused-ring (bicyclic) bond motifs is 1. The van der Waals surface area contributed by atoms with E-state index in [4.69, 9.17) is 9.26 Å². The number of nitrogens with zero attached hydrogens (tertiary/aromatic N) is 3. The first kappa shape index (κ1) is 13.6. The topological polar surface area (TPSA) is 68.5 Å². The number of benzene rings is 1. The van der Waals surface area contributed by atoms with E-state index in [2.05, 4.69) is 10.1 Å². The molecule has 0 radical (unpaired) electrons. The lowest BCUT2D eigenvalue weighted by molar-refractivity contribution is -0.132. The highest BCUT2D eigenvalue weighted by atomic mass is 16.5. The fourth-order valence-electron chi connectivity index (χ4n) is 2.78. The van der Waals surface area contributed by atoms with Crippen molar-refractivity contribution in [2.24, 2.45) is 0 Å². The summed E-state index contributed by atoms with van der Waals surface area (Å²) in [5, 5.41) is 3.74. The Labute approximate surface area is 122 Å². The van der Waals surface area contributed by atoms with E-state index in [1.807, 2.05) is 18.2 Å². The quantitative estimate of drug-likeness (QED) is 0.857. The Morgan fingerprint density at radius 1 is 1.52 bits per heavy atom. The van der Waals surface area contributed by atoms with E-state index in [-0.39, 0.29) is 11.8 Å². The Morgan fingerprint density at radius 3 is 3.10 bits per heavy atom. The number of rotatable bonds is 4. The average molecular weight is 287 g/mol. The second-order valence-electron chi connectivity index (χ2n) is 5.20. The van der Waals surface area contributed by atoms with Crippen molar-refractivity contribution < 1.29 is 14.1 Å². The number of hydrogen-bond donors (Lipinski definition) is 0. The maximum atomic E-state index is 12.6. The van der Waals surface area contributed by atoms with Gasteiger partial charge in [-0.3, -0.25) is 4.79 Å². The van der Waals surface area contributed by atoms with Gasteiger partial charge in [0.15, 0.2) is 5.82 Å². The van der Waals surface area contributed by atoms with Crippen LogP contribution in [0.3, 0.4) is 0 Å². The molecule has 1 heterocycles. The molecule has 0 fully saturated rings. The van der Waals surface area contributed by atoms with E-state index < -0.39 is 0 Å². The maximum Gasteiger partial charge on any atom is 0.230 e. The van der Waals surface area contributed by atoms with Gasteiger partial charge < -0.3 is 14.2 Å². The monoisotopic (exact) mass is 287 g/mol. The number of carbonyl (C=O) groups excluding carboxylic acids is 1. The van der Waals surface area contributed by atoms with E-state index in [1.54, 1.807) is 19.1 Å². The minimum absolute atomic E-state index is 0.0757. The minimum atomic E-state index is -0.119. The van der Waals surface area contributed by atoms with Gasteiger partial charge in [0.05, 0.1) is 19.6 Å². The number of likely N-dealkylation sites (N-methyl/N-ethyl adjacent to an activating group) is 1. The zero-order valence-corrected chi connectivity index (χ0v) is 12.1. The van der Waals surface area contributed by atoms with E-state index >= 15 is 0 Å². The second-order valence-corrected chi connectivity index (χ2v) is 5.20. The molecule has 110 valence electrons. The lowest BCUT2D eigenvalue weighted by Gasteiger charge is -2.20. The molecular weight excluding hydrogens is 270 g/mol. The number of aryl methyl sites for hydroxylation is 1. The average Bonchev–Trinajstić information content (AvgIpc) is 3.14. The van der Waals surface area contributed by atoms with Crippen molar-refractivity contribution in [2.45, 2.75) is 25.3 Å². The molecule has 21 heavy (non-hydrogen) atoms. The van der Waals surface area contributed by atoms with Crippen molar-refractivity contribution in [3.05, 3.63) is 41.5 Å². The minimum Gasteiger partial charge on any atom is -0.497 e. The Bertz CT molecular complexity index is 640. The molecule has 1 aromatic heterocycles. The van der Waals surface area contributed by atoms with Gasteiger partial charge in [-0.05, 0) is 36.1 Å². The predicted octanol–water partition coefficient (Wildman–Crippen LogP) is 1.77. The molecule has 0 bridgehead atoms. The summed E-state index contributed by atoms with van der Waals surface area (Å²) in [6.07, 6.45) is 3.02. The lowest BCUT2D eigenvalue weighted by atomic mass is 9.99. The first-order valence-corrected chi connectivity index (χ1v) is 6.86. The van der Waals surface area contributed by atoms with Crippen LogP contribution in [0.4, 0.5) is 0 Å². The van der Waals surface area contributed by atoms with Gasteiger partial charge in [-0.2, -0.15) is 4.98 Å². The van der Waals surface area contributed by atoms with Crippen LogP contribution >= 0.6 is 0 Å². The van der Waals surface area contributed by atoms with E-state index in [1.165, 1.54) is 12.0 Å². The summed E-state index contributed by atoms with van der Waals surface area (Å²) in [5.74, 6) is 1.25. The number of hydrogen-bond acceptors (Lipinski definition) is 5. The highest BCUT2D eigenvalue weighted by Gasteiger charge is 2.31. The molecule has 1 aliphatic rings. The molecule has 1 atom stereocenters. The highest BCUT2D eigenvalue weighted by Crippen LogP contribution is 2.36. The smallest absolute Gasteiger partial charge is 0.230 e. The molecule has 0 N–H and O–H groups in total. The molecule has 1 amide bonds. The SMILES string of the molecule is COc1ccc2c(c1)C(C(=O)N(C)Cc1ncon1)CC2. The number of ether oxygens (including phenoxy) is 1. The third-order valence-corrected chi connectivity index (χ3v) is 3.89. The van der Waals surface area contributed by atoms with E-state index in [0.29, 0.717) is 12.4 Å². The Hall–Kier alpha value is -2.37. The van der Waals surface area contributed by atoms with Crippen molar-refractivity contribution in [3.8, 4) is 5.75 Å². The van der Waals surface area contributed by atoms with Crippen molar-refractivity contribution >= 4 is 5.91 Å². The fourth-order valence-corrected chi connectivity index (χ4v) is 2.78. The first-order valence-electron chi connectivity index (χ1n) is 6.86. The summed E-state index contributed by atoms with van der Waals surface area (Å²) < 4.78 is 9.95. The van der Waals surface area contributed by atoms with E-state index in [9.17, 15) is 4.79 Å². The molecule has 3 rings (SSSR count). The summed E-state index contributed by atoms with van der Waals surface area (Å²) >= 11 is 0. The molecule has 1 aliphatic carbocycles. The lowest BCUT2D eigenvalue weighted by Crippen LogP contribution is -2.30. The van der Waals surface area contributed by atoms with Gasteiger partial charge in [-0.25, -0.2) is 0 Å². The number of methoxy groups -OCH3 is 1. The maximum absolute atomic E-state index is 12.6. The van der Waals surface area contributed by atoms with Gasteiger partial charge in [0.25, 0.3) is 0 Å². The van der Waals surface area contributed by atoms with Gasteiger partial charge in [0.2, 0.25) is 12.3 Å². The van der Waals surface area contributed by atoms with Gasteiger partial charge >= 0.3 is 0 Å². The third-order valence-electron chi connectivity index (χ3n) is 3.89. The van der Waals surface area contributed by atoms with Crippen molar-refractivity contribution in [2.75, 3.05) is 14.2 Å². The number of amides is 1. The van der Waals surface area contributed by atoms with Gasteiger partial charge in [-0.15, -0.1) is 0 Å². The number of aromatic nitrogens is 2. The van der Waals surface area contributed by atoms with Crippen LogP contribution < -0.4 is 4.74 Å². The molecule has 0 saturated carbocycles. The Balaban J connectivity index is 1.78. The summed E-state index contributed by atoms with van der Waals surface area (Å²) in [7, 11) is 3.40. The molecule has 1 aromatic carbocycles. The molecule has 2 aromatic rings. The molecule has 1 unspecified atom stereocenters. The molecule has 0 aliphatic heterocycles. The van der Waals surface area contributed by atoms with Crippen LogP contribution in [0.5, 0.6) is 5.75 Å². The summed E-state index contributed by atoms with van der Waals surface area (Å²) in [6.45, 7) is 0.352. The van der Waals surface area contributed by atoms with Crippen LogP contribution in [0, 0.1) is 0 Å². The largest absolute Gasteiger partial charge is 0.497 e. The van der Waals surface area contributed by atoms with Crippen LogP contribution in [0.2, 0.25) is 0 Å². The summed E-state index contributed by atoms with van der Waals surface area (Å²) in [6, 6.07) is 5.95. The van der Waals surface area contributed by atoms with Crippen molar-refractivity contribution in [3.63, 3.8) is 0 Å². The summed E-state index contributed by atoms with van der Waals surface area (Å²) in [5.41, 5.74) is 2.29. The molecular formula is C15H17N3O3. The Kier molecular flexibility index (Phi) is 3.60. The molecule has 0 spiro atoms. The molecule has 6 nitrogen and oxygen atoms in total. The zero-order valence-electron chi connectivity index (χ0n) is 12.1. The normalized spacial score (nSPS) is 16.6.